The lowest BCUT2D eigenvalue weighted by Crippen LogP contribution is -2.04. The van der Waals surface area contributed by atoms with Crippen LogP contribution in [-0.2, 0) is 9.84 Å². The number of rotatable bonds is 6. The Hall–Kier alpha value is -0.980. The number of sulfone groups is 1. The minimum Gasteiger partial charge on any atom is -0.229 e. The maximum atomic E-state index is 10.6. The second-order valence-corrected chi connectivity index (χ2v) is 4.47. The zero-order valence-corrected chi connectivity index (χ0v) is 7.71. The van der Waals surface area contributed by atoms with E-state index in [1.165, 1.54) is 6.26 Å². The average molecular weight is 192 g/mol. The summed E-state index contributed by atoms with van der Waals surface area (Å²) in [7, 11) is -2.87. The Morgan fingerprint density at radius 1 is 1.50 bits per heavy atom. The van der Waals surface area contributed by atoms with Crippen molar-refractivity contribution in [2.45, 2.75) is 6.42 Å². The van der Waals surface area contributed by atoms with Gasteiger partial charge in [0.05, 0.1) is 12.3 Å². The molecule has 1 N–H and O–H groups in total. The van der Waals surface area contributed by atoms with Crippen LogP contribution in [0.4, 0.5) is 0 Å². The predicted octanol–water partition coefficient (Wildman–Crippen LogP) is -0.00650. The van der Waals surface area contributed by atoms with E-state index >= 15 is 0 Å². The molecule has 0 unspecified atom stereocenters. The van der Waals surface area contributed by atoms with Crippen molar-refractivity contribution in [3.05, 3.63) is 0 Å². The molecule has 0 bridgehead atoms. The maximum Gasteiger partial charge on any atom is 0.147 e. The van der Waals surface area contributed by atoms with Crippen molar-refractivity contribution in [2.24, 2.45) is 15.4 Å². The summed E-state index contributed by atoms with van der Waals surface area (Å²) in [6, 6.07) is 0. The Kier molecular flexibility index (Phi) is 5.18. The lowest BCUT2D eigenvalue weighted by Gasteiger charge is -1.92. The quantitative estimate of drug-likeness (QED) is 0.278. The highest BCUT2D eigenvalue weighted by Gasteiger charge is 1.99. The molecule has 0 radical (unpaired) electrons. The summed E-state index contributed by atoms with van der Waals surface area (Å²) >= 11 is 0. The topological polar surface area (TPSA) is 83.2 Å². The van der Waals surface area contributed by atoms with E-state index in [0.717, 1.165) is 0 Å². The number of nitrogens with one attached hydrogen (secondary N) is 1. The van der Waals surface area contributed by atoms with Crippen LogP contribution in [0.2, 0.25) is 0 Å². The number of nitrogens with zero attached hydrogens (tertiary/aromatic N) is 3. The Labute approximate surface area is 71.7 Å². The van der Waals surface area contributed by atoms with Gasteiger partial charge in [-0.25, -0.2) is 8.42 Å². The Morgan fingerprint density at radius 2 is 2.17 bits per heavy atom. The summed E-state index contributed by atoms with van der Waals surface area (Å²) in [6.45, 7) is 3.48. The van der Waals surface area contributed by atoms with E-state index in [9.17, 15) is 8.42 Å². The molecule has 70 valence electrons. The summed E-state index contributed by atoms with van der Waals surface area (Å²) in [4.78, 5) is 0. The second kappa shape index (κ2) is 5.64. The minimum atomic E-state index is -2.87. The summed E-state index contributed by atoms with van der Waals surface area (Å²) in [5, 5.41) is 10.1. The van der Waals surface area contributed by atoms with Crippen LogP contribution in [0.5, 0.6) is 0 Å². The van der Waals surface area contributed by atoms with Gasteiger partial charge in [0.15, 0.2) is 0 Å². The van der Waals surface area contributed by atoms with Gasteiger partial charge in [-0.3, -0.25) is 0 Å². The fraction of sp³-hybridized carbons (Fsp3) is 0.800. The van der Waals surface area contributed by atoms with Gasteiger partial charge in [0.25, 0.3) is 0 Å². The van der Waals surface area contributed by atoms with Gasteiger partial charge in [-0.2, -0.15) is 15.8 Å². The molecule has 0 aromatic heterocycles. The Bertz CT molecular complexity index is 246. The Balaban J connectivity index is 3.39. The highest BCUT2D eigenvalue weighted by molar-refractivity contribution is 7.90. The van der Waals surface area contributed by atoms with E-state index in [4.69, 9.17) is 0 Å². The van der Waals surface area contributed by atoms with Crippen LogP contribution >= 0.6 is 0 Å². The van der Waals surface area contributed by atoms with Crippen LogP contribution in [-0.4, -0.2) is 33.7 Å². The van der Waals surface area contributed by atoms with Gasteiger partial charge >= 0.3 is 0 Å². The van der Waals surface area contributed by atoms with Crippen molar-refractivity contribution in [3.8, 4) is 0 Å². The molecule has 0 saturated heterocycles. The first kappa shape index (κ1) is 11.0. The van der Waals surface area contributed by atoms with E-state index in [1.54, 1.807) is 0 Å². The highest BCUT2D eigenvalue weighted by atomic mass is 32.2. The van der Waals surface area contributed by atoms with Crippen LogP contribution in [0.15, 0.2) is 15.4 Å². The molecule has 6 nitrogen and oxygen atoms in total. The molecule has 12 heavy (non-hydrogen) atoms. The van der Waals surface area contributed by atoms with Gasteiger partial charge < -0.3 is 0 Å². The molecule has 0 saturated carbocycles. The number of hydrogen-bond acceptors (Lipinski definition) is 5. The lowest BCUT2D eigenvalue weighted by atomic mass is 10.5. The van der Waals surface area contributed by atoms with E-state index in [1.807, 2.05) is 0 Å². The monoisotopic (exact) mass is 192 g/mol. The van der Waals surface area contributed by atoms with Crippen LogP contribution in [0, 0.1) is 0 Å². The molecule has 0 heterocycles. The van der Waals surface area contributed by atoms with Crippen molar-refractivity contribution in [2.75, 3.05) is 18.6 Å². The van der Waals surface area contributed by atoms with Gasteiger partial charge in [-0.15, -0.1) is 0 Å². The van der Waals surface area contributed by atoms with Crippen LogP contribution in [0.1, 0.15) is 6.42 Å². The third-order valence-electron chi connectivity index (χ3n) is 0.959. The van der Waals surface area contributed by atoms with E-state index in [2.05, 4.69) is 27.7 Å². The fourth-order valence-electron chi connectivity index (χ4n) is 0.511. The summed E-state index contributed by atoms with van der Waals surface area (Å²) in [6.07, 6.45) is 1.66. The standard InChI is InChI=1S/C5H12N4O2S/c1-6-8-9-7-4-3-5-12(2,10)11/h1,3-5H2,2H3,(H,7,8). The molecule has 0 rings (SSSR count). The van der Waals surface area contributed by atoms with Crippen molar-refractivity contribution in [1.82, 2.24) is 5.53 Å². The van der Waals surface area contributed by atoms with Gasteiger partial charge in [-0.05, 0) is 6.42 Å². The second-order valence-electron chi connectivity index (χ2n) is 2.21. The first-order chi connectivity index (χ1) is 5.56. The SMILES string of the molecule is C=NNN=NCCCS(C)(=O)=O. The van der Waals surface area contributed by atoms with Crippen LogP contribution < -0.4 is 5.53 Å². The third kappa shape index (κ3) is 9.02. The predicted molar refractivity (Wildman–Crippen MR) is 46.7 cm³/mol. The van der Waals surface area contributed by atoms with E-state index in [-0.39, 0.29) is 5.75 Å². The average Bonchev–Trinajstić information content (AvgIpc) is 1.94. The number of hydrogen-bond donors (Lipinski definition) is 1. The summed E-state index contributed by atoms with van der Waals surface area (Å²) in [5.74, 6) is 0.132. The molecular weight excluding hydrogens is 180 g/mol. The van der Waals surface area contributed by atoms with Crippen molar-refractivity contribution in [3.63, 3.8) is 0 Å². The van der Waals surface area contributed by atoms with Crippen molar-refractivity contribution < 1.29 is 8.42 Å². The first-order valence-corrected chi connectivity index (χ1v) is 5.37. The van der Waals surface area contributed by atoms with Gasteiger partial charge in [-0.1, -0.05) is 5.22 Å². The van der Waals surface area contributed by atoms with Gasteiger partial charge in [0, 0.05) is 13.0 Å². The van der Waals surface area contributed by atoms with Crippen molar-refractivity contribution in [1.29, 1.82) is 0 Å². The molecule has 0 aromatic carbocycles. The molecule has 0 amide bonds. The molecule has 0 spiro atoms. The molecule has 0 aliphatic heterocycles. The van der Waals surface area contributed by atoms with E-state index < -0.39 is 9.84 Å². The highest BCUT2D eigenvalue weighted by Crippen LogP contribution is 1.89. The van der Waals surface area contributed by atoms with Crippen LogP contribution in [0.3, 0.4) is 0 Å². The molecular formula is C5H12N4O2S. The lowest BCUT2D eigenvalue weighted by molar-refractivity contribution is 0.598. The summed E-state index contributed by atoms with van der Waals surface area (Å²) < 4.78 is 21.2. The van der Waals surface area contributed by atoms with Gasteiger partial charge in [0.1, 0.15) is 9.84 Å². The smallest absolute Gasteiger partial charge is 0.147 e. The molecule has 7 heteroatoms. The molecule has 0 aliphatic rings. The molecule has 0 aliphatic carbocycles. The molecule has 0 atom stereocenters. The molecule has 0 fully saturated rings. The largest absolute Gasteiger partial charge is 0.229 e. The zero-order chi connectivity index (χ0) is 9.45. The minimum absolute atomic E-state index is 0.132. The van der Waals surface area contributed by atoms with Crippen LogP contribution in [0.25, 0.3) is 0 Å². The van der Waals surface area contributed by atoms with Gasteiger partial charge in [0.2, 0.25) is 0 Å². The fourth-order valence-corrected chi connectivity index (χ4v) is 1.16. The zero-order valence-electron chi connectivity index (χ0n) is 6.89. The third-order valence-corrected chi connectivity index (χ3v) is 1.99. The Morgan fingerprint density at radius 3 is 2.67 bits per heavy atom. The van der Waals surface area contributed by atoms with E-state index in [0.29, 0.717) is 13.0 Å². The number of hydrazone groups is 1. The molecule has 0 aromatic rings. The summed E-state index contributed by atoms with van der Waals surface area (Å²) in [5.41, 5.74) is 2.17. The van der Waals surface area contributed by atoms with Crippen molar-refractivity contribution >= 4 is 16.6 Å². The maximum absolute atomic E-state index is 10.6. The first-order valence-electron chi connectivity index (χ1n) is 3.31. The normalized spacial score (nSPS) is 11.8.